The monoisotopic (exact) mass is 515 g/mol. The molecule has 1 aliphatic heterocycles. The molecule has 1 saturated heterocycles. The van der Waals surface area contributed by atoms with Crippen LogP contribution >= 0.6 is 23.2 Å². The molecule has 1 heterocycles. The Morgan fingerprint density at radius 2 is 1.83 bits per heavy atom. The number of non-ortho nitro benzene ring substituents is 1. The molecule has 0 bridgehead atoms. The van der Waals surface area contributed by atoms with Gasteiger partial charge in [-0.2, -0.15) is 5.01 Å². The number of halogens is 2. The lowest BCUT2D eigenvalue weighted by molar-refractivity contribution is -0.384. The first-order valence-electron chi connectivity index (χ1n) is 10.7. The Morgan fingerprint density at radius 1 is 1.11 bits per heavy atom. The van der Waals surface area contributed by atoms with E-state index in [4.69, 9.17) is 23.2 Å². The smallest absolute Gasteiger partial charge is 0.274 e. The van der Waals surface area contributed by atoms with Crippen molar-refractivity contribution in [1.29, 1.82) is 0 Å². The van der Waals surface area contributed by atoms with Crippen LogP contribution in [0.25, 0.3) is 0 Å². The van der Waals surface area contributed by atoms with Gasteiger partial charge < -0.3 is 0 Å². The molecule has 180 valence electrons. The highest BCUT2D eigenvalue weighted by molar-refractivity contribution is 6.36. The van der Waals surface area contributed by atoms with Gasteiger partial charge in [0.1, 0.15) is 6.54 Å². The number of allylic oxidation sites excluding steroid dienone is 2. The minimum atomic E-state index is -0.851. The van der Waals surface area contributed by atoms with Gasteiger partial charge >= 0.3 is 0 Å². The number of fused-ring (bicyclic) bond motifs is 1. The van der Waals surface area contributed by atoms with Crippen LogP contribution in [0.5, 0.6) is 0 Å². The minimum Gasteiger partial charge on any atom is -0.292 e. The standard InChI is InChI=1S/C24H19Cl2N3O6/c1-13-5-7-17-19(9-13)24(33)28(23(17)32)27(22(31)18-8-6-15(25)11-20(18)26)12-21(30)14-3-2-4-16(10-14)29(34)35/h2-6,8,10-11,17,19H,7,9,12H2,1H3/t17-,19+/m1/s1. The van der Waals surface area contributed by atoms with Crippen molar-refractivity contribution in [3.8, 4) is 0 Å². The number of amides is 3. The molecule has 0 radical (unpaired) electrons. The summed E-state index contributed by atoms with van der Waals surface area (Å²) in [6.07, 6.45) is 2.60. The highest BCUT2D eigenvalue weighted by atomic mass is 35.5. The molecule has 4 rings (SSSR count). The molecule has 2 aromatic rings. The van der Waals surface area contributed by atoms with E-state index < -0.39 is 46.8 Å². The number of hydrazine groups is 1. The molecule has 2 atom stereocenters. The van der Waals surface area contributed by atoms with Crippen LogP contribution in [0.4, 0.5) is 5.69 Å². The average Bonchev–Trinajstić information content (AvgIpc) is 3.06. The maximum atomic E-state index is 13.5. The normalized spacial score (nSPS) is 19.3. The van der Waals surface area contributed by atoms with E-state index in [1.165, 1.54) is 36.4 Å². The van der Waals surface area contributed by atoms with Crippen LogP contribution in [0, 0.1) is 22.0 Å². The third-order valence-corrected chi connectivity index (χ3v) is 6.66. The topological polar surface area (TPSA) is 118 Å². The second kappa shape index (κ2) is 9.59. The number of Topliss-reactive ketones (excluding diaryl/α,β-unsaturated/α-hetero) is 1. The first-order chi connectivity index (χ1) is 16.6. The summed E-state index contributed by atoms with van der Waals surface area (Å²) in [7, 11) is 0. The lowest BCUT2D eigenvalue weighted by atomic mass is 9.82. The van der Waals surface area contributed by atoms with Crippen molar-refractivity contribution in [2.24, 2.45) is 11.8 Å². The number of nitro benzene ring substituents is 1. The lowest BCUT2D eigenvalue weighted by Gasteiger charge is -2.30. The van der Waals surface area contributed by atoms with Crippen molar-refractivity contribution in [1.82, 2.24) is 10.0 Å². The predicted molar refractivity (Wildman–Crippen MR) is 127 cm³/mol. The van der Waals surface area contributed by atoms with Gasteiger partial charge in [-0.3, -0.25) is 29.3 Å². The number of imide groups is 1. The third-order valence-electron chi connectivity index (χ3n) is 6.11. The highest BCUT2D eigenvalue weighted by Crippen LogP contribution is 2.39. The molecule has 2 aliphatic rings. The second-order valence-corrected chi connectivity index (χ2v) is 9.25. The fourth-order valence-corrected chi connectivity index (χ4v) is 4.80. The number of benzene rings is 2. The summed E-state index contributed by atoms with van der Waals surface area (Å²) in [5.41, 5.74) is 0.539. The van der Waals surface area contributed by atoms with Crippen molar-refractivity contribution in [3.05, 3.63) is 85.4 Å². The second-order valence-electron chi connectivity index (χ2n) is 8.41. The summed E-state index contributed by atoms with van der Waals surface area (Å²) in [4.78, 5) is 63.7. The minimum absolute atomic E-state index is 0.0238. The van der Waals surface area contributed by atoms with Gasteiger partial charge in [0.05, 0.1) is 27.3 Å². The van der Waals surface area contributed by atoms with Gasteiger partial charge in [-0.1, -0.05) is 47.0 Å². The molecule has 0 aromatic heterocycles. The zero-order valence-corrected chi connectivity index (χ0v) is 20.0. The molecule has 0 unspecified atom stereocenters. The lowest BCUT2D eigenvalue weighted by Crippen LogP contribution is -2.52. The molecular weight excluding hydrogens is 497 g/mol. The average molecular weight is 516 g/mol. The van der Waals surface area contributed by atoms with Crippen molar-refractivity contribution in [3.63, 3.8) is 0 Å². The van der Waals surface area contributed by atoms with Crippen molar-refractivity contribution in [2.45, 2.75) is 19.8 Å². The molecule has 0 N–H and O–H groups in total. The van der Waals surface area contributed by atoms with E-state index in [1.54, 1.807) is 0 Å². The molecule has 1 fully saturated rings. The van der Waals surface area contributed by atoms with Crippen LogP contribution < -0.4 is 0 Å². The van der Waals surface area contributed by atoms with Gasteiger partial charge in [0, 0.05) is 22.7 Å². The Kier molecular flexibility index (Phi) is 6.73. The molecular formula is C24H19Cl2N3O6. The van der Waals surface area contributed by atoms with Gasteiger partial charge in [-0.15, -0.1) is 0 Å². The Bertz CT molecular complexity index is 1310. The first kappa shape index (κ1) is 24.6. The van der Waals surface area contributed by atoms with E-state index in [0.29, 0.717) is 12.8 Å². The number of hydrogen-bond acceptors (Lipinski definition) is 6. The van der Waals surface area contributed by atoms with Crippen LogP contribution in [0.3, 0.4) is 0 Å². The summed E-state index contributed by atoms with van der Waals surface area (Å²) >= 11 is 12.1. The Balaban J connectivity index is 1.73. The van der Waals surface area contributed by atoms with E-state index in [1.807, 2.05) is 13.0 Å². The highest BCUT2D eigenvalue weighted by Gasteiger charge is 2.52. The predicted octanol–water partition coefficient (Wildman–Crippen LogP) is 4.48. The molecule has 0 spiro atoms. The van der Waals surface area contributed by atoms with Crippen LogP contribution in [-0.2, 0) is 9.59 Å². The van der Waals surface area contributed by atoms with Gasteiger partial charge in [-0.25, -0.2) is 5.01 Å². The van der Waals surface area contributed by atoms with Crippen molar-refractivity contribution >= 4 is 52.4 Å². The number of nitrogens with zero attached hydrogens (tertiary/aromatic N) is 3. The largest absolute Gasteiger partial charge is 0.292 e. The van der Waals surface area contributed by atoms with Crippen LogP contribution in [0.15, 0.2) is 54.1 Å². The van der Waals surface area contributed by atoms with Crippen LogP contribution in [0.1, 0.15) is 40.5 Å². The number of rotatable bonds is 6. The van der Waals surface area contributed by atoms with Crippen molar-refractivity contribution < 1.29 is 24.1 Å². The first-order valence-corrected chi connectivity index (χ1v) is 11.4. The van der Waals surface area contributed by atoms with Crippen LogP contribution in [-0.4, -0.2) is 45.0 Å². The number of ketones is 1. The fraction of sp³-hybridized carbons (Fsp3) is 0.250. The summed E-state index contributed by atoms with van der Waals surface area (Å²) in [6.45, 7) is 1.15. The SMILES string of the molecule is CC1=CC[C@H]2C(=O)N(N(CC(=O)c3cccc([N+](=O)[O-])c3)C(=O)c3ccc(Cl)cc3Cl)C(=O)[C@H]2C1. The molecule has 1 aliphatic carbocycles. The summed E-state index contributed by atoms with van der Waals surface area (Å²) in [5, 5.41) is 12.9. The Hall–Kier alpha value is -3.56. The number of hydrogen-bond donors (Lipinski definition) is 0. The van der Waals surface area contributed by atoms with E-state index in [2.05, 4.69) is 0 Å². The summed E-state index contributed by atoms with van der Waals surface area (Å²) in [6, 6.07) is 9.07. The molecule has 35 heavy (non-hydrogen) atoms. The fourth-order valence-electron chi connectivity index (χ4n) is 4.31. The summed E-state index contributed by atoms with van der Waals surface area (Å²) < 4.78 is 0. The molecule has 0 saturated carbocycles. The maximum Gasteiger partial charge on any atom is 0.274 e. The quantitative estimate of drug-likeness (QED) is 0.184. The Labute approximate surface area is 210 Å². The summed E-state index contributed by atoms with van der Waals surface area (Å²) in [5.74, 6) is -4.01. The molecule has 9 nitrogen and oxygen atoms in total. The van der Waals surface area contributed by atoms with E-state index in [-0.39, 0.29) is 26.9 Å². The van der Waals surface area contributed by atoms with E-state index in [9.17, 15) is 29.3 Å². The number of carbonyl (C=O) groups excluding carboxylic acids is 4. The third kappa shape index (κ3) is 4.69. The Morgan fingerprint density at radius 3 is 2.51 bits per heavy atom. The maximum absolute atomic E-state index is 13.5. The van der Waals surface area contributed by atoms with E-state index in [0.717, 1.165) is 21.7 Å². The van der Waals surface area contributed by atoms with Crippen molar-refractivity contribution in [2.75, 3.05) is 6.54 Å². The number of nitro groups is 1. The van der Waals surface area contributed by atoms with Gasteiger partial charge in [-0.05, 0) is 38.0 Å². The zero-order valence-electron chi connectivity index (χ0n) is 18.4. The molecule has 11 heteroatoms. The number of carbonyl (C=O) groups is 4. The van der Waals surface area contributed by atoms with Crippen LogP contribution in [0.2, 0.25) is 10.0 Å². The zero-order chi connectivity index (χ0) is 25.4. The van der Waals surface area contributed by atoms with Gasteiger partial charge in [0.15, 0.2) is 5.78 Å². The van der Waals surface area contributed by atoms with E-state index >= 15 is 0 Å². The van der Waals surface area contributed by atoms with Gasteiger partial charge in [0.2, 0.25) is 0 Å². The molecule has 3 amide bonds. The molecule has 2 aromatic carbocycles. The van der Waals surface area contributed by atoms with Gasteiger partial charge in [0.25, 0.3) is 23.4 Å².